The predicted molar refractivity (Wildman–Crippen MR) is 97.2 cm³/mol. The van der Waals surface area contributed by atoms with Crippen LogP contribution >= 0.6 is 23.1 Å². The number of anilines is 1. The first-order chi connectivity index (χ1) is 11.3. The zero-order valence-electron chi connectivity index (χ0n) is 12.4. The third kappa shape index (κ3) is 4.61. The highest BCUT2D eigenvalue weighted by Crippen LogP contribution is 2.33. The third-order valence-electron chi connectivity index (χ3n) is 3.11. The van der Waals surface area contributed by atoms with Crippen molar-refractivity contribution in [3.05, 3.63) is 77.0 Å². The predicted octanol–water partition coefficient (Wildman–Crippen LogP) is 5.22. The van der Waals surface area contributed by atoms with Gasteiger partial charge in [-0.3, -0.25) is 0 Å². The Hall–Kier alpha value is -2.24. The van der Waals surface area contributed by atoms with Crippen LogP contribution in [0.15, 0.2) is 81.9 Å². The topological polar surface area (TPSA) is 41.1 Å². The minimum absolute atomic E-state index is 0.195. The number of thiophene rings is 1. The molecule has 0 saturated carbocycles. The molecular formula is C18H16N2OS2. The lowest BCUT2D eigenvalue weighted by atomic mass is 10.3. The highest BCUT2D eigenvalue weighted by atomic mass is 32.2. The molecule has 23 heavy (non-hydrogen) atoms. The summed E-state index contributed by atoms with van der Waals surface area (Å²) in [5.41, 5.74) is 0.810. The molecule has 0 aliphatic rings. The number of hydrogen-bond donors (Lipinski definition) is 2. The smallest absolute Gasteiger partial charge is 0.319 e. The maximum absolute atomic E-state index is 12.1. The van der Waals surface area contributed by atoms with Gasteiger partial charge in [0.1, 0.15) is 0 Å². The quantitative estimate of drug-likeness (QED) is 0.668. The Bertz CT molecular complexity index is 758. The van der Waals surface area contributed by atoms with Crippen LogP contribution in [0.25, 0.3) is 0 Å². The number of para-hydroxylation sites is 1. The van der Waals surface area contributed by atoms with Crippen molar-refractivity contribution in [2.45, 2.75) is 16.3 Å². The van der Waals surface area contributed by atoms with Gasteiger partial charge in [-0.05, 0) is 35.7 Å². The Kier molecular flexibility index (Phi) is 5.34. The fourth-order valence-corrected chi connectivity index (χ4v) is 3.59. The molecule has 0 aliphatic carbocycles. The molecule has 3 rings (SSSR count). The molecule has 2 aromatic carbocycles. The van der Waals surface area contributed by atoms with Crippen molar-refractivity contribution in [2.24, 2.45) is 0 Å². The van der Waals surface area contributed by atoms with E-state index >= 15 is 0 Å². The number of benzene rings is 2. The summed E-state index contributed by atoms with van der Waals surface area (Å²) in [5, 5.41) is 7.80. The first kappa shape index (κ1) is 15.6. The number of urea groups is 1. The Labute approximate surface area is 143 Å². The van der Waals surface area contributed by atoms with Gasteiger partial charge >= 0.3 is 6.03 Å². The van der Waals surface area contributed by atoms with Gasteiger partial charge in [0, 0.05) is 14.7 Å². The van der Waals surface area contributed by atoms with E-state index in [1.165, 1.54) is 0 Å². The van der Waals surface area contributed by atoms with Crippen LogP contribution in [-0.2, 0) is 6.54 Å². The van der Waals surface area contributed by atoms with Gasteiger partial charge in [-0.25, -0.2) is 4.79 Å². The second-order valence-electron chi connectivity index (χ2n) is 4.80. The minimum atomic E-state index is -0.195. The molecule has 1 aromatic heterocycles. The normalized spacial score (nSPS) is 10.3. The molecular weight excluding hydrogens is 324 g/mol. The molecule has 1 heterocycles. The summed E-state index contributed by atoms with van der Waals surface area (Å²) in [4.78, 5) is 15.4. The lowest BCUT2D eigenvalue weighted by Crippen LogP contribution is -2.28. The first-order valence-corrected chi connectivity index (χ1v) is 8.90. The summed E-state index contributed by atoms with van der Waals surface area (Å²) in [6.07, 6.45) is 0. The van der Waals surface area contributed by atoms with E-state index in [1.807, 2.05) is 60.0 Å². The van der Waals surface area contributed by atoms with E-state index < -0.39 is 0 Å². The van der Waals surface area contributed by atoms with Crippen LogP contribution in [0, 0.1) is 0 Å². The second-order valence-corrected chi connectivity index (χ2v) is 6.95. The summed E-state index contributed by atoms with van der Waals surface area (Å²) in [7, 11) is 0. The fourth-order valence-electron chi connectivity index (χ4n) is 2.02. The van der Waals surface area contributed by atoms with Crippen LogP contribution in [0.3, 0.4) is 0 Å². The van der Waals surface area contributed by atoms with Crippen molar-refractivity contribution in [1.29, 1.82) is 0 Å². The lowest BCUT2D eigenvalue weighted by molar-refractivity contribution is 0.252. The number of hydrogen-bond acceptors (Lipinski definition) is 3. The van der Waals surface area contributed by atoms with Gasteiger partial charge in [-0.2, -0.15) is 0 Å². The van der Waals surface area contributed by atoms with Crippen LogP contribution in [0.1, 0.15) is 4.88 Å². The van der Waals surface area contributed by atoms with E-state index in [0.717, 1.165) is 20.4 Å². The molecule has 0 radical (unpaired) electrons. The second kappa shape index (κ2) is 7.85. The number of rotatable bonds is 5. The van der Waals surface area contributed by atoms with Crippen LogP contribution in [0.4, 0.5) is 10.5 Å². The van der Waals surface area contributed by atoms with Crippen LogP contribution in [-0.4, -0.2) is 6.03 Å². The van der Waals surface area contributed by atoms with Crippen LogP contribution in [0.5, 0.6) is 0 Å². The Balaban J connectivity index is 1.64. The molecule has 5 heteroatoms. The van der Waals surface area contributed by atoms with Crippen molar-refractivity contribution < 1.29 is 4.79 Å². The van der Waals surface area contributed by atoms with Crippen molar-refractivity contribution in [1.82, 2.24) is 5.32 Å². The number of nitrogens with one attached hydrogen (secondary N) is 2. The van der Waals surface area contributed by atoms with E-state index in [0.29, 0.717) is 6.54 Å². The molecule has 2 N–H and O–H groups in total. The SMILES string of the molecule is O=C(NCc1cccs1)Nc1ccccc1Sc1ccccc1. The van der Waals surface area contributed by atoms with Crippen molar-refractivity contribution in [3.63, 3.8) is 0 Å². The molecule has 3 nitrogen and oxygen atoms in total. The number of amides is 2. The van der Waals surface area contributed by atoms with Crippen molar-refractivity contribution in [3.8, 4) is 0 Å². The average Bonchev–Trinajstić information content (AvgIpc) is 3.09. The zero-order valence-corrected chi connectivity index (χ0v) is 14.0. The summed E-state index contributed by atoms with van der Waals surface area (Å²) in [6, 6.07) is 21.7. The van der Waals surface area contributed by atoms with E-state index in [-0.39, 0.29) is 6.03 Å². The Morgan fingerprint density at radius 2 is 1.74 bits per heavy atom. The summed E-state index contributed by atoms with van der Waals surface area (Å²) in [5.74, 6) is 0. The monoisotopic (exact) mass is 340 g/mol. The molecule has 2 amide bonds. The molecule has 116 valence electrons. The van der Waals surface area contributed by atoms with Crippen LogP contribution < -0.4 is 10.6 Å². The van der Waals surface area contributed by atoms with Crippen molar-refractivity contribution >= 4 is 34.8 Å². The lowest BCUT2D eigenvalue weighted by Gasteiger charge is -2.11. The van der Waals surface area contributed by atoms with Gasteiger partial charge in [0.15, 0.2) is 0 Å². The molecule has 3 aromatic rings. The van der Waals surface area contributed by atoms with E-state index in [2.05, 4.69) is 22.8 Å². The molecule has 0 aliphatic heterocycles. The minimum Gasteiger partial charge on any atom is -0.333 e. The third-order valence-corrected chi connectivity index (χ3v) is 5.07. The number of carbonyl (C=O) groups is 1. The maximum Gasteiger partial charge on any atom is 0.319 e. The van der Waals surface area contributed by atoms with Gasteiger partial charge in [0.25, 0.3) is 0 Å². The number of carbonyl (C=O) groups excluding carboxylic acids is 1. The van der Waals surface area contributed by atoms with Gasteiger partial charge in [-0.1, -0.05) is 48.2 Å². The van der Waals surface area contributed by atoms with Gasteiger partial charge in [0.2, 0.25) is 0 Å². The van der Waals surface area contributed by atoms with E-state index in [4.69, 9.17) is 0 Å². The highest BCUT2D eigenvalue weighted by Gasteiger charge is 2.07. The standard InChI is InChI=1S/C18H16N2OS2/c21-18(19-13-15-9-6-12-22-15)20-16-10-4-5-11-17(16)23-14-7-2-1-3-8-14/h1-12H,13H2,(H2,19,20,21). The zero-order chi connectivity index (χ0) is 15.9. The first-order valence-electron chi connectivity index (χ1n) is 7.20. The molecule has 0 fully saturated rings. The Morgan fingerprint density at radius 1 is 0.957 bits per heavy atom. The van der Waals surface area contributed by atoms with E-state index in [1.54, 1.807) is 23.1 Å². The molecule has 0 spiro atoms. The molecule has 0 atom stereocenters. The van der Waals surface area contributed by atoms with Gasteiger partial charge in [0.05, 0.1) is 12.2 Å². The summed E-state index contributed by atoms with van der Waals surface area (Å²) < 4.78 is 0. The Morgan fingerprint density at radius 3 is 2.52 bits per heavy atom. The largest absolute Gasteiger partial charge is 0.333 e. The van der Waals surface area contributed by atoms with E-state index in [9.17, 15) is 4.79 Å². The van der Waals surface area contributed by atoms with Crippen molar-refractivity contribution in [2.75, 3.05) is 5.32 Å². The van der Waals surface area contributed by atoms with Gasteiger partial charge < -0.3 is 10.6 Å². The van der Waals surface area contributed by atoms with Gasteiger partial charge in [-0.15, -0.1) is 11.3 Å². The highest BCUT2D eigenvalue weighted by molar-refractivity contribution is 7.99. The van der Waals surface area contributed by atoms with Crippen LogP contribution in [0.2, 0.25) is 0 Å². The fraction of sp³-hybridized carbons (Fsp3) is 0.0556. The molecule has 0 unspecified atom stereocenters. The average molecular weight is 340 g/mol. The summed E-state index contributed by atoms with van der Waals surface area (Å²) in [6.45, 7) is 0.539. The molecule has 0 saturated heterocycles. The summed E-state index contributed by atoms with van der Waals surface area (Å²) >= 11 is 3.26. The maximum atomic E-state index is 12.1. The molecule has 0 bridgehead atoms.